The Balaban J connectivity index is 1.44. The van der Waals surface area contributed by atoms with Gasteiger partial charge in [0.15, 0.2) is 12.3 Å². The molecule has 10 nitrogen and oxygen atoms in total. The number of hydrogen-bond acceptors (Lipinski definition) is 6. The van der Waals surface area contributed by atoms with Gasteiger partial charge in [0.25, 0.3) is 10.1 Å². The molecule has 1 aliphatic carbocycles. The molecule has 0 fully saturated rings. The van der Waals surface area contributed by atoms with Gasteiger partial charge in [0.1, 0.15) is 5.60 Å². The summed E-state index contributed by atoms with van der Waals surface area (Å²) in [6.45, 7) is 20.6. The minimum Gasteiger partial charge on any atom is -0.460 e. The minimum absolute atomic E-state index is 0.0901. The van der Waals surface area contributed by atoms with E-state index in [0.29, 0.717) is 12.8 Å². The first kappa shape index (κ1) is 51.6. The molecule has 3 aromatic carbocycles. The second kappa shape index (κ2) is 19.7. The van der Waals surface area contributed by atoms with Crippen LogP contribution in [0.2, 0.25) is 0 Å². The fraction of sp³-hybridized carbons (Fsp3) is 0.500. The highest BCUT2D eigenvalue weighted by atomic mass is 32.2. The first-order valence-corrected chi connectivity index (χ1v) is 25.6. The average molecular weight is 935 g/mol. The third kappa shape index (κ3) is 12.8. The molecule has 0 aromatic heterocycles. The van der Waals surface area contributed by atoms with Crippen molar-refractivity contribution >= 4 is 38.9 Å². The Bertz CT molecular complexity index is 2610. The van der Waals surface area contributed by atoms with Gasteiger partial charge in [0, 0.05) is 65.3 Å². The first-order valence-electron chi connectivity index (χ1n) is 24.2. The highest BCUT2D eigenvalue weighted by Gasteiger charge is 2.45. The first-order chi connectivity index (χ1) is 31.0. The van der Waals surface area contributed by atoms with Gasteiger partial charge in [-0.2, -0.15) is 13.0 Å². The van der Waals surface area contributed by atoms with E-state index in [1.165, 1.54) is 39.7 Å². The van der Waals surface area contributed by atoms with Gasteiger partial charge >= 0.3 is 5.97 Å². The molecule has 2 N–H and O–H groups in total. The van der Waals surface area contributed by atoms with E-state index in [9.17, 15) is 17.8 Å². The van der Waals surface area contributed by atoms with Gasteiger partial charge in [-0.1, -0.05) is 49.8 Å². The number of aryl methyl sites for hydroxylation is 2. The van der Waals surface area contributed by atoms with Crippen molar-refractivity contribution in [2.24, 2.45) is 0 Å². The largest absolute Gasteiger partial charge is 0.460 e. The molecule has 2 aliphatic heterocycles. The van der Waals surface area contributed by atoms with Crippen molar-refractivity contribution in [1.82, 2.24) is 0 Å². The second-order valence-corrected chi connectivity index (χ2v) is 24.5. The van der Waals surface area contributed by atoms with Gasteiger partial charge in [-0.25, -0.2) is 0 Å². The zero-order valence-electron chi connectivity index (χ0n) is 43.1. The van der Waals surface area contributed by atoms with Crippen LogP contribution in [0.5, 0.6) is 0 Å². The van der Waals surface area contributed by atoms with Crippen molar-refractivity contribution in [3.63, 3.8) is 0 Å². The lowest BCUT2D eigenvalue weighted by molar-refractivity contribution is -0.871. The molecule has 0 amide bonds. The summed E-state index contributed by atoms with van der Waals surface area (Å²) < 4.78 is 44.7. The van der Waals surface area contributed by atoms with E-state index in [1.54, 1.807) is 6.07 Å². The number of carbonyl (C=O) groups is 1. The van der Waals surface area contributed by atoms with E-state index in [2.05, 4.69) is 158 Å². The zero-order chi connectivity index (χ0) is 49.3. The van der Waals surface area contributed by atoms with Crippen LogP contribution in [0, 0.1) is 6.92 Å². The molecular weight excluding hydrogens is 855 g/mol. The molecule has 0 unspecified atom stereocenters. The number of fused-ring (bicyclic) bond motifs is 2. The van der Waals surface area contributed by atoms with Gasteiger partial charge in [0.05, 0.1) is 72.1 Å². The lowest BCUT2D eigenvalue weighted by Crippen LogP contribution is -2.37. The molecule has 0 atom stereocenters. The fourth-order valence-corrected chi connectivity index (χ4v) is 10.3. The summed E-state index contributed by atoms with van der Waals surface area (Å²) in [7, 11) is 8.99. The normalized spacial score (nSPS) is 18.6. The van der Waals surface area contributed by atoms with Crippen LogP contribution in [0.4, 0.5) is 17.1 Å². The summed E-state index contributed by atoms with van der Waals surface area (Å²) in [5.74, 6) is -0.199. The van der Waals surface area contributed by atoms with Crippen LogP contribution >= 0.6 is 0 Å². The number of benzene rings is 3. The van der Waals surface area contributed by atoms with Gasteiger partial charge in [0.2, 0.25) is 5.69 Å². The van der Waals surface area contributed by atoms with Gasteiger partial charge in [-0.15, -0.1) is 0 Å². The number of nitrogens with zero attached hydrogens (tertiary/aromatic N) is 4. The molecule has 2 heterocycles. The number of carbonyl (C=O) groups excluding carboxylic acids is 1. The monoisotopic (exact) mass is 935 g/mol. The molecule has 0 saturated carbocycles. The molecule has 3 aliphatic rings. The molecular formula is C56H80N5O5S+3. The average Bonchev–Trinajstić information content (AvgIpc) is 3.54. The summed E-state index contributed by atoms with van der Waals surface area (Å²) >= 11 is 0. The number of anilines is 2. The van der Waals surface area contributed by atoms with Crippen molar-refractivity contribution in [2.75, 3.05) is 78.7 Å². The Morgan fingerprint density at radius 1 is 0.851 bits per heavy atom. The molecule has 0 radical (unpaired) electrons. The number of nitrogens with one attached hydrogen (secondary N) is 1. The summed E-state index contributed by atoms with van der Waals surface area (Å²) in [5.41, 5.74) is 12.5. The Morgan fingerprint density at radius 2 is 1.52 bits per heavy atom. The molecule has 11 heteroatoms. The van der Waals surface area contributed by atoms with E-state index in [-0.39, 0.29) is 16.3 Å². The second-order valence-electron chi connectivity index (χ2n) is 23.1. The molecule has 0 spiro atoms. The van der Waals surface area contributed by atoms with Crippen molar-refractivity contribution in [2.45, 2.75) is 122 Å². The lowest BCUT2D eigenvalue weighted by Gasteiger charge is -2.29. The van der Waals surface area contributed by atoms with Gasteiger partial charge in [-0.05, 0) is 132 Å². The van der Waals surface area contributed by atoms with Gasteiger partial charge in [-0.3, -0.25) is 9.35 Å². The predicted octanol–water partition coefficient (Wildman–Crippen LogP) is 10.8. The molecule has 67 heavy (non-hydrogen) atoms. The van der Waals surface area contributed by atoms with Crippen molar-refractivity contribution in [3.05, 3.63) is 130 Å². The Hall–Kier alpha value is -4.81. The summed E-state index contributed by atoms with van der Waals surface area (Å²) in [6.07, 6.45) is 14.9. The Labute approximate surface area is 403 Å². The van der Waals surface area contributed by atoms with E-state index in [4.69, 9.17) is 4.74 Å². The molecule has 0 saturated heterocycles. The molecule has 362 valence electrons. The Morgan fingerprint density at radius 3 is 2.16 bits per heavy atom. The third-order valence-corrected chi connectivity index (χ3v) is 14.2. The fourth-order valence-electron chi connectivity index (χ4n) is 9.81. The Kier molecular flexibility index (Phi) is 15.1. The standard InChI is InChI=1S/C56H78N5O5S/c1-40-20-29-48-46(38-40)55(5,6)50(58(48)34-16-36-60(9,10)11)31-24-42-18-15-19-43(53(42)57-44-26-21-41(22-27-44)23-33-52(62)66-54(2,3)4)25-32-51-56(7,8)47-39-45(67(63,64)65)28-30-49(47)59(51)35-17-37-61(12,13)14/h20-22,24-32,38-39H,15-19,23,33-37H2,1-14H3/q+1/p+2/b43-25+,51-32+. The summed E-state index contributed by atoms with van der Waals surface area (Å²) in [6, 6.07) is 20.3. The van der Waals surface area contributed by atoms with E-state index >= 15 is 0 Å². The number of esters is 1. The maximum atomic E-state index is 12.5. The number of hydrogen-bond donors (Lipinski definition) is 2. The van der Waals surface area contributed by atoms with Crippen LogP contribution in [-0.2, 0) is 36.9 Å². The lowest BCUT2D eigenvalue weighted by atomic mass is 9.80. The van der Waals surface area contributed by atoms with Gasteiger partial charge < -0.3 is 23.9 Å². The summed E-state index contributed by atoms with van der Waals surface area (Å²) in [5, 5.41) is 3.89. The number of allylic oxidation sites excluding steroid dienone is 7. The summed E-state index contributed by atoms with van der Waals surface area (Å²) in [4.78, 5) is 14.8. The highest BCUT2D eigenvalue weighted by Crippen LogP contribution is 2.49. The van der Waals surface area contributed by atoms with Crippen LogP contribution in [0.1, 0.15) is 109 Å². The number of quaternary nitrogens is 2. The topological polar surface area (TPSA) is 99.0 Å². The van der Waals surface area contributed by atoms with E-state index in [1.807, 2.05) is 26.8 Å². The molecule has 3 aromatic rings. The number of rotatable bonds is 17. The molecule has 0 bridgehead atoms. The third-order valence-electron chi connectivity index (χ3n) is 13.3. The highest BCUT2D eigenvalue weighted by molar-refractivity contribution is 7.85. The SMILES string of the molecule is Cc1ccc2c(c1)C(C)(C)C(/C=C/C1=C(Nc3ccc(CCC(=O)OC(C)(C)C)cc3)C(=C/C=C3/N(CCC[N+](C)(C)C)c4ccc(S(=O)(=O)O)cc4C3(C)C)/CCC1)=[N+]2CCC[N+](C)(C)C. The smallest absolute Gasteiger partial charge is 0.306 e. The quantitative estimate of drug-likeness (QED) is 0.0602. The maximum absolute atomic E-state index is 12.5. The number of ether oxygens (including phenoxy) is 1. The van der Waals surface area contributed by atoms with Crippen molar-refractivity contribution < 1.29 is 36.0 Å². The predicted molar refractivity (Wildman–Crippen MR) is 276 cm³/mol. The molecule has 6 rings (SSSR count). The van der Waals surface area contributed by atoms with E-state index in [0.717, 1.165) is 101 Å². The van der Waals surface area contributed by atoms with Crippen LogP contribution in [-0.4, -0.2) is 112 Å². The maximum Gasteiger partial charge on any atom is 0.306 e. The minimum atomic E-state index is -4.39. The van der Waals surface area contributed by atoms with Crippen LogP contribution in [0.25, 0.3) is 0 Å². The zero-order valence-corrected chi connectivity index (χ0v) is 44.0. The van der Waals surface area contributed by atoms with Crippen LogP contribution in [0.3, 0.4) is 0 Å². The van der Waals surface area contributed by atoms with Crippen molar-refractivity contribution in [3.8, 4) is 0 Å². The van der Waals surface area contributed by atoms with Crippen molar-refractivity contribution in [1.29, 1.82) is 0 Å². The van der Waals surface area contributed by atoms with Crippen LogP contribution < -0.4 is 10.2 Å². The van der Waals surface area contributed by atoms with E-state index < -0.39 is 21.1 Å². The van der Waals surface area contributed by atoms with Crippen LogP contribution in [0.15, 0.2) is 112 Å².